The number of para-hydroxylation sites is 2. The topological polar surface area (TPSA) is 65.1 Å². The van der Waals surface area contributed by atoms with Crippen molar-refractivity contribution in [2.75, 3.05) is 0 Å². The maximum Gasteiger partial charge on any atom is 0.221 e. The lowest BCUT2D eigenvalue weighted by molar-refractivity contribution is 0.465. The molecule has 4 heterocycles. The molecule has 0 bridgehead atoms. The lowest BCUT2D eigenvalue weighted by atomic mass is 9.88. The smallest absolute Gasteiger partial charge is 0.221 e. The van der Waals surface area contributed by atoms with Crippen LogP contribution in [0.5, 0.6) is 17.4 Å². The van der Waals surface area contributed by atoms with Crippen molar-refractivity contribution in [1.82, 2.24) is 19.1 Å². The summed E-state index contributed by atoms with van der Waals surface area (Å²) >= 11 is 0. The molecule has 0 aliphatic carbocycles. The van der Waals surface area contributed by atoms with Gasteiger partial charge in [-0.25, -0.2) is 4.98 Å². The first kappa shape index (κ1) is 26.0. The Hall–Kier alpha value is -5.62. The largest absolute Gasteiger partial charge is 0.507 e. The summed E-state index contributed by atoms with van der Waals surface area (Å²) < 4.78 is 10.7. The van der Waals surface area contributed by atoms with E-state index >= 15 is 0 Å². The third kappa shape index (κ3) is 4.10. The first-order valence-electron chi connectivity index (χ1n) is 14.7. The van der Waals surface area contributed by atoms with Gasteiger partial charge in [-0.3, -0.25) is 4.57 Å². The minimum Gasteiger partial charge on any atom is -0.507 e. The number of aromatic nitrogens is 4. The molecule has 0 amide bonds. The van der Waals surface area contributed by atoms with E-state index in [1.165, 1.54) is 5.56 Å². The lowest BCUT2D eigenvalue weighted by Gasteiger charge is -2.19. The number of phenols is 1. The van der Waals surface area contributed by atoms with Gasteiger partial charge < -0.3 is 14.4 Å². The van der Waals surface area contributed by atoms with Crippen LogP contribution < -0.4 is 4.74 Å². The zero-order chi connectivity index (χ0) is 30.0. The molecule has 6 nitrogen and oxygen atoms in total. The number of aromatic hydroxyl groups is 1. The van der Waals surface area contributed by atoms with Crippen LogP contribution in [0.4, 0.5) is 0 Å². The van der Waals surface area contributed by atoms with Crippen LogP contribution in [-0.4, -0.2) is 24.2 Å². The summed E-state index contributed by atoms with van der Waals surface area (Å²) in [4.78, 5) is 9.80. The van der Waals surface area contributed by atoms with Crippen molar-refractivity contribution in [2.24, 2.45) is 0 Å². The van der Waals surface area contributed by atoms with Crippen LogP contribution in [0, 0.1) is 0 Å². The van der Waals surface area contributed by atoms with Crippen molar-refractivity contribution in [3.05, 3.63) is 127 Å². The number of rotatable bonds is 4. The molecular weight excluding hydrogens is 544 g/mol. The number of benzene rings is 4. The molecule has 214 valence electrons. The van der Waals surface area contributed by atoms with Gasteiger partial charge in [-0.05, 0) is 77.7 Å². The van der Waals surface area contributed by atoms with Crippen molar-refractivity contribution in [3.63, 3.8) is 0 Å². The van der Waals surface area contributed by atoms with Gasteiger partial charge in [-0.2, -0.15) is 4.98 Å². The summed E-state index contributed by atoms with van der Waals surface area (Å²) in [6.45, 7) is 6.61. The zero-order valence-corrected chi connectivity index (χ0v) is 24.7. The molecule has 8 rings (SSSR count). The average molecular weight is 575 g/mol. The predicted molar refractivity (Wildman–Crippen MR) is 178 cm³/mol. The third-order valence-electron chi connectivity index (χ3n) is 8.31. The summed E-state index contributed by atoms with van der Waals surface area (Å²) in [5.74, 6) is 2.16. The van der Waals surface area contributed by atoms with Crippen LogP contribution in [0.1, 0.15) is 26.3 Å². The second-order valence-electron chi connectivity index (χ2n) is 12.1. The quantitative estimate of drug-likeness (QED) is 0.227. The molecular formula is C38H30N4O2. The van der Waals surface area contributed by atoms with Crippen molar-refractivity contribution in [1.29, 1.82) is 0 Å². The fraction of sp³-hybridized carbons (Fsp3) is 0.105. The Labute approximate surface area is 254 Å². The summed E-state index contributed by atoms with van der Waals surface area (Å²) in [5.41, 5.74) is 5.93. The van der Waals surface area contributed by atoms with E-state index in [1.807, 2.05) is 72.9 Å². The molecule has 0 aliphatic heterocycles. The van der Waals surface area contributed by atoms with Crippen LogP contribution in [0.2, 0.25) is 0 Å². The van der Waals surface area contributed by atoms with Crippen molar-refractivity contribution < 1.29 is 9.84 Å². The van der Waals surface area contributed by atoms with Gasteiger partial charge in [0.15, 0.2) is 5.65 Å². The van der Waals surface area contributed by atoms with E-state index in [1.54, 1.807) is 6.07 Å². The highest BCUT2D eigenvalue weighted by atomic mass is 16.5. The predicted octanol–water partition coefficient (Wildman–Crippen LogP) is 9.47. The van der Waals surface area contributed by atoms with Gasteiger partial charge in [0, 0.05) is 39.5 Å². The molecule has 0 unspecified atom stereocenters. The number of hydrogen-bond acceptors (Lipinski definition) is 4. The standard InChI is InChI=1S/C38H30N4O2/c1-38(2,3)24-20-21-39-34(22-24)42-30-13-8-7-12-27(30)28-17-19-35(40-37(28)42)44-26-16-18-31-29(23-26)36-32(14-9-15-33(36)43)41(31)25-10-5-4-6-11-25/h4-23,43H,1-3H3. The van der Waals surface area contributed by atoms with Gasteiger partial charge in [0.25, 0.3) is 0 Å². The van der Waals surface area contributed by atoms with Crippen LogP contribution in [0.25, 0.3) is 55.2 Å². The normalized spacial score (nSPS) is 12.1. The Morgan fingerprint density at radius 1 is 0.659 bits per heavy atom. The second-order valence-corrected chi connectivity index (χ2v) is 12.1. The molecule has 0 saturated heterocycles. The Bertz CT molecular complexity index is 2360. The second kappa shape index (κ2) is 9.71. The van der Waals surface area contributed by atoms with Gasteiger partial charge in [0.05, 0.1) is 16.6 Å². The van der Waals surface area contributed by atoms with Gasteiger partial charge >= 0.3 is 0 Å². The maximum atomic E-state index is 10.9. The molecule has 0 spiro atoms. The first-order chi connectivity index (χ1) is 21.4. The van der Waals surface area contributed by atoms with E-state index in [0.29, 0.717) is 11.6 Å². The van der Waals surface area contributed by atoms with Crippen LogP contribution >= 0.6 is 0 Å². The molecule has 4 aromatic heterocycles. The van der Waals surface area contributed by atoms with Crippen molar-refractivity contribution in [2.45, 2.75) is 26.2 Å². The van der Waals surface area contributed by atoms with E-state index in [2.05, 4.69) is 72.4 Å². The van der Waals surface area contributed by atoms with E-state index in [9.17, 15) is 5.11 Å². The number of ether oxygens (including phenoxy) is 1. The summed E-state index contributed by atoms with van der Waals surface area (Å²) in [6.07, 6.45) is 1.87. The molecule has 0 saturated carbocycles. The fourth-order valence-electron chi connectivity index (χ4n) is 6.19. The Kier molecular flexibility index (Phi) is 5.75. The zero-order valence-electron chi connectivity index (χ0n) is 24.7. The minimum absolute atomic E-state index is 0.0190. The molecule has 0 atom stereocenters. The summed E-state index contributed by atoms with van der Waals surface area (Å²) in [5, 5.41) is 14.8. The number of phenolic OH excluding ortho intramolecular Hbond substituents is 1. The van der Waals surface area contributed by atoms with Crippen LogP contribution in [-0.2, 0) is 5.41 Å². The van der Waals surface area contributed by atoms with Gasteiger partial charge in [-0.1, -0.05) is 63.2 Å². The minimum atomic E-state index is -0.0190. The highest BCUT2D eigenvalue weighted by molar-refractivity contribution is 6.12. The summed E-state index contributed by atoms with van der Waals surface area (Å²) in [7, 11) is 0. The maximum absolute atomic E-state index is 10.9. The Morgan fingerprint density at radius 3 is 2.27 bits per heavy atom. The Morgan fingerprint density at radius 2 is 1.43 bits per heavy atom. The molecule has 1 N–H and O–H groups in total. The highest BCUT2D eigenvalue weighted by Gasteiger charge is 2.20. The van der Waals surface area contributed by atoms with Crippen molar-refractivity contribution in [3.8, 4) is 28.9 Å². The van der Waals surface area contributed by atoms with E-state index in [-0.39, 0.29) is 11.2 Å². The Balaban J connectivity index is 1.28. The molecule has 6 heteroatoms. The molecule has 4 aromatic carbocycles. The van der Waals surface area contributed by atoms with Crippen LogP contribution in [0.3, 0.4) is 0 Å². The number of hydrogen-bond donors (Lipinski definition) is 1. The van der Waals surface area contributed by atoms with Crippen molar-refractivity contribution >= 4 is 43.7 Å². The average Bonchev–Trinajstić information content (AvgIpc) is 3.54. The first-order valence-corrected chi connectivity index (χ1v) is 14.7. The lowest BCUT2D eigenvalue weighted by Crippen LogP contribution is -2.12. The van der Waals surface area contributed by atoms with Gasteiger partial charge in [-0.15, -0.1) is 0 Å². The monoisotopic (exact) mass is 574 g/mol. The summed E-state index contributed by atoms with van der Waals surface area (Å²) in [6, 6.07) is 38.3. The molecule has 8 aromatic rings. The number of nitrogens with zero attached hydrogens (tertiary/aromatic N) is 4. The van der Waals surface area contributed by atoms with E-state index in [4.69, 9.17) is 14.7 Å². The number of fused-ring (bicyclic) bond motifs is 6. The molecule has 0 radical (unpaired) electrons. The van der Waals surface area contributed by atoms with Crippen LogP contribution in [0.15, 0.2) is 121 Å². The third-order valence-corrected chi connectivity index (χ3v) is 8.31. The van der Waals surface area contributed by atoms with E-state index in [0.717, 1.165) is 55.2 Å². The SMILES string of the molecule is CC(C)(C)c1ccnc(-n2c3ccccc3c3ccc(Oc4ccc5c(c4)c4c(O)cccc4n5-c4ccccc4)nc32)c1. The number of pyridine rings is 2. The molecule has 0 aliphatic rings. The molecule has 0 fully saturated rings. The highest BCUT2D eigenvalue weighted by Crippen LogP contribution is 2.40. The van der Waals surface area contributed by atoms with E-state index < -0.39 is 0 Å². The van der Waals surface area contributed by atoms with Gasteiger partial charge in [0.1, 0.15) is 17.3 Å². The molecule has 44 heavy (non-hydrogen) atoms. The fourth-order valence-corrected chi connectivity index (χ4v) is 6.19. The van der Waals surface area contributed by atoms with Gasteiger partial charge in [0.2, 0.25) is 5.88 Å².